The third-order valence-electron chi connectivity index (χ3n) is 5.22. The van der Waals surface area contributed by atoms with Crippen molar-refractivity contribution in [3.05, 3.63) is 54.1 Å². The van der Waals surface area contributed by atoms with Crippen LogP contribution >= 0.6 is 0 Å². The van der Waals surface area contributed by atoms with E-state index < -0.39 is 5.91 Å². The number of rotatable bonds is 7. The summed E-state index contributed by atoms with van der Waals surface area (Å²) in [6.45, 7) is 0.284. The average Bonchev–Trinajstić information content (AvgIpc) is 3.54. The van der Waals surface area contributed by atoms with E-state index in [1.165, 1.54) is 0 Å². The van der Waals surface area contributed by atoms with Gasteiger partial charge < -0.3 is 15.2 Å². The third-order valence-corrected chi connectivity index (χ3v) is 5.22. The number of primary amides is 1. The van der Waals surface area contributed by atoms with Crippen molar-refractivity contribution in [2.24, 2.45) is 11.7 Å². The Labute approximate surface area is 173 Å². The number of nitrogens with zero attached hydrogens (tertiary/aromatic N) is 3. The van der Waals surface area contributed by atoms with Crippen molar-refractivity contribution >= 4 is 40.4 Å². The molecule has 4 rings (SSSR count). The molecule has 2 aromatic carbocycles. The molecule has 154 valence electrons. The lowest BCUT2D eigenvalue weighted by Gasteiger charge is -2.17. The van der Waals surface area contributed by atoms with Crippen molar-refractivity contribution in [1.82, 2.24) is 9.55 Å². The number of aryl methyl sites for hydroxylation is 1. The number of amides is 3. The Morgan fingerprint density at radius 2 is 1.90 bits per heavy atom. The Morgan fingerprint density at radius 1 is 1.17 bits per heavy atom. The van der Waals surface area contributed by atoms with Crippen LogP contribution in [0, 0.1) is 5.92 Å². The summed E-state index contributed by atoms with van der Waals surface area (Å²) in [5.74, 6) is -0.205. The topological polar surface area (TPSA) is 110 Å². The monoisotopic (exact) mass is 405 g/mol. The van der Waals surface area contributed by atoms with Crippen LogP contribution in [0.3, 0.4) is 0 Å². The second-order valence-corrected chi connectivity index (χ2v) is 7.47. The SMILES string of the molecule is CN(C(=O)C1CC1)c1ccc2c(c1)nc(NC(=O)c1ccccc1)n2CCC(N)=O. The Morgan fingerprint density at radius 3 is 2.57 bits per heavy atom. The number of hydrogen-bond donors (Lipinski definition) is 2. The first-order chi connectivity index (χ1) is 14.4. The van der Waals surface area contributed by atoms with Crippen LogP contribution < -0.4 is 16.0 Å². The summed E-state index contributed by atoms with van der Waals surface area (Å²) in [6, 6.07) is 14.3. The van der Waals surface area contributed by atoms with Crippen LogP contribution in [-0.2, 0) is 16.1 Å². The number of aromatic nitrogens is 2. The van der Waals surface area contributed by atoms with E-state index in [1.54, 1.807) is 40.8 Å². The Hall–Kier alpha value is -3.68. The number of benzene rings is 2. The first kappa shape index (κ1) is 19.6. The number of fused-ring (bicyclic) bond motifs is 1. The molecule has 0 bridgehead atoms. The summed E-state index contributed by atoms with van der Waals surface area (Å²) in [5.41, 5.74) is 7.93. The molecule has 8 nitrogen and oxygen atoms in total. The van der Waals surface area contributed by atoms with Gasteiger partial charge in [0.05, 0.1) is 11.0 Å². The predicted octanol–water partition coefficient (Wildman–Crippen LogP) is 2.54. The van der Waals surface area contributed by atoms with E-state index >= 15 is 0 Å². The maximum Gasteiger partial charge on any atom is 0.257 e. The van der Waals surface area contributed by atoms with Gasteiger partial charge in [0, 0.05) is 37.2 Å². The number of nitrogens with one attached hydrogen (secondary N) is 1. The first-order valence-corrected chi connectivity index (χ1v) is 9.86. The van der Waals surface area contributed by atoms with Gasteiger partial charge >= 0.3 is 0 Å². The molecule has 0 radical (unpaired) electrons. The summed E-state index contributed by atoms with van der Waals surface area (Å²) in [6.07, 6.45) is 1.98. The van der Waals surface area contributed by atoms with Crippen molar-refractivity contribution in [1.29, 1.82) is 0 Å². The van der Waals surface area contributed by atoms with Crippen LogP contribution in [0.4, 0.5) is 11.6 Å². The van der Waals surface area contributed by atoms with Crippen LogP contribution in [0.1, 0.15) is 29.6 Å². The number of nitrogens with two attached hydrogens (primary N) is 1. The molecule has 1 aliphatic carbocycles. The van der Waals surface area contributed by atoms with Crippen LogP contribution in [0.2, 0.25) is 0 Å². The van der Waals surface area contributed by atoms with Gasteiger partial charge in [-0.05, 0) is 43.2 Å². The average molecular weight is 405 g/mol. The van der Waals surface area contributed by atoms with Crippen molar-refractivity contribution in [2.75, 3.05) is 17.3 Å². The molecule has 1 aliphatic rings. The maximum absolute atomic E-state index is 12.6. The summed E-state index contributed by atoms with van der Waals surface area (Å²) >= 11 is 0. The van der Waals surface area contributed by atoms with Crippen LogP contribution in [0.15, 0.2) is 48.5 Å². The summed E-state index contributed by atoms with van der Waals surface area (Å²) in [4.78, 5) is 42.5. The summed E-state index contributed by atoms with van der Waals surface area (Å²) in [7, 11) is 1.75. The van der Waals surface area contributed by atoms with Crippen LogP contribution in [0.25, 0.3) is 11.0 Å². The van der Waals surface area contributed by atoms with Gasteiger partial charge in [-0.3, -0.25) is 19.7 Å². The van der Waals surface area contributed by atoms with E-state index in [-0.39, 0.29) is 30.7 Å². The van der Waals surface area contributed by atoms with Crippen LogP contribution in [-0.4, -0.2) is 34.3 Å². The molecule has 1 heterocycles. The van der Waals surface area contributed by atoms with Crippen molar-refractivity contribution in [2.45, 2.75) is 25.8 Å². The highest BCUT2D eigenvalue weighted by Gasteiger charge is 2.32. The Kier molecular flexibility index (Phi) is 5.22. The second kappa shape index (κ2) is 7.98. The van der Waals surface area contributed by atoms with Gasteiger partial charge in [-0.2, -0.15) is 0 Å². The fourth-order valence-electron chi connectivity index (χ4n) is 3.37. The largest absolute Gasteiger partial charge is 0.370 e. The molecule has 0 atom stereocenters. The van der Waals surface area contributed by atoms with Gasteiger partial charge in [0.15, 0.2) is 0 Å². The van der Waals surface area contributed by atoms with Gasteiger partial charge in [0.2, 0.25) is 17.8 Å². The smallest absolute Gasteiger partial charge is 0.257 e. The fourth-order valence-corrected chi connectivity index (χ4v) is 3.37. The third kappa shape index (κ3) is 4.03. The molecular formula is C22H23N5O3. The lowest BCUT2D eigenvalue weighted by molar-refractivity contribution is -0.119. The van der Waals surface area contributed by atoms with E-state index in [9.17, 15) is 14.4 Å². The molecule has 0 aliphatic heterocycles. The minimum Gasteiger partial charge on any atom is -0.370 e. The minimum absolute atomic E-state index is 0.0973. The van der Waals surface area contributed by atoms with Gasteiger partial charge in [-0.25, -0.2) is 4.98 Å². The second-order valence-electron chi connectivity index (χ2n) is 7.47. The molecule has 0 saturated heterocycles. The predicted molar refractivity (Wildman–Crippen MR) is 114 cm³/mol. The zero-order valence-electron chi connectivity index (χ0n) is 16.7. The molecule has 3 amide bonds. The van der Waals surface area contributed by atoms with Gasteiger partial charge in [-0.15, -0.1) is 0 Å². The van der Waals surface area contributed by atoms with E-state index in [2.05, 4.69) is 10.3 Å². The molecular weight excluding hydrogens is 382 g/mol. The van der Waals surface area contributed by atoms with E-state index in [0.29, 0.717) is 17.0 Å². The molecule has 30 heavy (non-hydrogen) atoms. The summed E-state index contributed by atoms with van der Waals surface area (Å²) in [5, 5.41) is 2.82. The number of carbonyl (C=O) groups is 3. The normalized spacial score (nSPS) is 13.2. The molecule has 8 heteroatoms. The quantitative estimate of drug-likeness (QED) is 0.629. The maximum atomic E-state index is 12.6. The van der Waals surface area contributed by atoms with Gasteiger partial charge in [0.25, 0.3) is 5.91 Å². The fraction of sp³-hybridized carbons (Fsp3) is 0.273. The molecule has 0 spiro atoms. The zero-order valence-corrected chi connectivity index (χ0v) is 16.7. The van der Waals surface area contributed by atoms with E-state index in [4.69, 9.17) is 5.73 Å². The zero-order chi connectivity index (χ0) is 21.3. The Bertz CT molecular complexity index is 1120. The molecule has 0 unspecified atom stereocenters. The first-order valence-electron chi connectivity index (χ1n) is 9.86. The number of imidazole rings is 1. The highest BCUT2D eigenvalue weighted by Crippen LogP contribution is 2.33. The van der Waals surface area contributed by atoms with Crippen molar-refractivity contribution < 1.29 is 14.4 Å². The Balaban J connectivity index is 1.68. The van der Waals surface area contributed by atoms with E-state index in [0.717, 1.165) is 24.0 Å². The molecule has 3 aromatic rings. The van der Waals surface area contributed by atoms with Gasteiger partial charge in [-0.1, -0.05) is 18.2 Å². The van der Waals surface area contributed by atoms with Crippen molar-refractivity contribution in [3.8, 4) is 0 Å². The van der Waals surface area contributed by atoms with E-state index in [1.807, 2.05) is 24.3 Å². The standard InChI is InChI=1S/C22H23N5O3/c1-26(21(30)15-7-8-15)16-9-10-18-17(13-16)24-22(27(18)12-11-19(23)28)25-20(29)14-5-3-2-4-6-14/h2-6,9-10,13,15H,7-8,11-12H2,1H3,(H2,23,28)(H,24,25,29). The number of carbonyl (C=O) groups excluding carboxylic acids is 3. The molecule has 1 saturated carbocycles. The van der Waals surface area contributed by atoms with Crippen molar-refractivity contribution in [3.63, 3.8) is 0 Å². The molecule has 3 N–H and O–H groups in total. The minimum atomic E-state index is -0.441. The number of hydrogen-bond acceptors (Lipinski definition) is 4. The summed E-state index contributed by atoms with van der Waals surface area (Å²) < 4.78 is 1.76. The molecule has 1 aromatic heterocycles. The van der Waals surface area contributed by atoms with Crippen LogP contribution in [0.5, 0.6) is 0 Å². The number of anilines is 2. The van der Waals surface area contributed by atoms with Gasteiger partial charge in [0.1, 0.15) is 0 Å². The lowest BCUT2D eigenvalue weighted by atomic mass is 10.2. The molecule has 1 fully saturated rings. The lowest BCUT2D eigenvalue weighted by Crippen LogP contribution is -2.27. The highest BCUT2D eigenvalue weighted by atomic mass is 16.2. The highest BCUT2D eigenvalue weighted by molar-refractivity contribution is 6.04.